The van der Waals surface area contributed by atoms with Crippen LogP contribution in [0.1, 0.15) is 24.3 Å². The first kappa shape index (κ1) is 18.9. The van der Waals surface area contributed by atoms with E-state index in [9.17, 15) is 21.6 Å². The lowest BCUT2D eigenvalue weighted by atomic mass is 9.92. The Labute approximate surface area is 160 Å². The molecule has 148 valence electrons. The quantitative estimate of drug-likeness (QED) is 0.660. The van der Waals surface area contributed by atoms with Crippen LogP contribution in [0.25, 0.3) is 22.0 Å². The summed E-state index contributed by atoms with van der Waals surface area (Å²) in [5.74, 6) is 0.242. The monoisotopic (exact) mass is 409 g/mol. The smallest absolute Gasteiger partial charge is 0.406 e. The third-order valence-corrected chi connectivity index (χ3v) is 6.82. The Morgan fingerprint density at radius 1 is 1.00 bits per heavy atom. The van der Waals surface area contributed by atoms with Crippen LogP contribution in [0.5, 0.6) is 5.75 Å². The van der Waals surface area contributed by atoms with Gasteiger partial charge < -0.3 is 9.72 Å². The fourth-order valence-corrected chi connectivity index (χ4v) is 5.22. The molecule has 2 heterocycles. The maximum atomic E-state index is 12.5. The molecule has 1 aromatic heterocycles. The number of hydrogen-bond donors (Lipinski definition) is 1. The topological polar surface area (TPSA) is 59.2 Å². The standard InChI is InChI=1S/C20H18F3NO3S/c21-20(22,23)27-16-3-1-2-14(10-16)15-4-5-19-17(11-15)18(12-24-19)13-6-8-28(25,26)9-7-13/h1-5,10-13,24H,6-9H2. The van der Waals surface area contributed by atoms with Crippen molar-refractivity contribution >= 4 is 20.7 Å². The Morgan fingerprint density at radius 2 is 1.71 bits per heavy atom. The summed E-state index contributed by atoms with van der Waals surface area (Å²) < 4.78 is 64.9. The third-order valence-electron chi connectivity index (χ3n) is 5.11. The number of fused-ring (bicyclic) bond motifs is 1. The van der Waals surface area contributed by atoms with Gasteiger partial charge in [0, 0.05) is 17.1 Å². The summed E-state index contributed by atoms with van der Waals surface area (Å²) in [5, 5.41) is 0.962. The van der Waals surface area contributed by atoms with Gasteiger partial charge in [0.25, 0.3) is 0 Å². The van der Waals surface area contributed by atoms with Crippen LogP contribution in [0.3, 0.4) is 0 Å². The van der Waals surface area contributed by atoms with E-state index < -0.39 is 16.2 Å². The van der Waals surface area contributed by atoms with Gasteiger partial charge in [-0.05, 0) is 59.7 Å². The fourth-order valence-electron chi connectivity index (χ4n) is 3.73. The summed E-state index contributed by atoms with van der Waals surface area (Å²) in [4.78, 5) is 3.20. The molecular formula is C20H18F3NO3S. The highest BCUT2D eigenvalue weighted by Gasteiger charge is 2.31. The van der Waals surface area contributed by atoms with Gasteiger partial charge in [-0.1, -0.05) is 18.2 Å². The van der Waals surface area contributed by atoms with Gasteiger partial charge in [0.2, 0.25) is 0 Å². The summed E-state index contributed by atoms with van der Waals surface area (Å²) >= 11 is 0. The second kappa shape index (κ2) is 6.84. The van der Waals surface area contributed by atoms with Gasteiger partial charge in [0.1, 0.15) is 15.6 Å². The maximum absolute atomic E-state index is 12.5. The Bertz CT molecular complexity index is 1110. The van der Waals surface area contributed by atoms with E-state index in [1.165, 1.54) is 18.2 Å². The zero-order valence-corrected chi connectivity index (χ0v) is 15.6. The molecule has 2 aromatic carbocycles. The number of aromatic nitrogens is 1. The van der Waals surface area contributed by atoms with E-state index in [2.05, 4.69) is 9.72 Å². The molecule has 8 heteroatoms. The van der Waals surface area contributed by atoms with Crippen LogP contribution < -0.4 is 4.74 Å². The molecule has 0 amide bonds. The van der Waals surface area contributed by atoms with Crippen LogP contribution in [0.4, 0.5) is 13.2 Å². The van der Waals surface area contributed by atoms with Gasteiger partial charge in [0.05, 0.1) is 11.5 Å². The number of rotatable bonds is 3. The lowest BCUT2D eigenvalue weighted by Gasteiger charge is -2.21. The number of nitrogens with one attached hydrogen (secondary N) is 1. The molecule has 0 saturated carbocycles. The molecule has 1 aliphatic heterocycles. The van der Waals surface area contributed by atoms with Crippen molar-refractivity contribution in [3.8, 4) is 16.9 Å². The van der Waals surface area contributed by atoms with Crippen LogP contribution in [-0.2, 0) is 9.84 Å². The highest BCUT2D eigenvalue weighted by Crippen LogP contribution is 2.36. The number of hydrogen-bond acceptors (Lipinski definition) is 3. The molecule has 0 radical (unpaired) electrons. The van der Waals surface area contributed by atoms with Crippen molar-refractivity contribution in [2.24, 2.45) is 0 Å². The average molecular weight is 409 g/mol. The van der Waals surface area contributed by atoms with Crippen molar-refractivity contribution in [3.63, 3.8) is 0 Å². The number of benzene rings is 2. The lowest BCUT2D eigenvalue weighted by molar-refractivity contribution is -0.274. The summed E-state index contributed by atoms with van der Waals surface area (Å²) in [7, 11) is -2.95. The minimum atomic E-state index is -4.74. The molecule has 3 aromatic rings. The largest absolute Gasteiger partial charge is 0.573 e. The third kappa shape index (κ3) is 4.01. The van der Waals surface area contributed by atoms with Crippen molar-refractivity contribution in [2.75, 3.05) is 11.5 Å². The average Bonchev–Trinajstić information content (AvgIpc) is 3.04. The van der Waals surface area contributed by atoms with E-state index in [1.807, 2.05) is 24.4 Å². The maximum Gasteiger partial charge on any atom is 0.573 e. The molecule has 1 fully saturated rings. The molecular weight excluding hydrogens is 391 g/mol. The van der Waals surface area contributed by atoms with E-state index >= 15 is 0 Å². The number of ether oxygens (including phenoxy) is 1. The Hall–Kier alpha value is -2.48. The predicted octanol–water partition coefficient (Wildman–Crippen LogP) is 5.03. The molecule has 1 N–H and O–H groups in total. The lowest BCUT2D eigenvalue weighted by Crippen LogP contribution is -2.21. The Morgan fingerprint density at radius 3 is 2.43 bits per heavy atom. The summed E-state index contributed by atoms with van der Waals surface area (Å²) in [5.41, 5.74) is 3.34. The summed E-state index contributed by atoms with van der Waals surface area (Å²) in [6.45, 7) is 0. The SMILES string of the molecule is O=S1(=O)CCC(c2c[nH]c3ccc(-c4cccc(OC(F)(F)F)c4)cc23)CC1. The van der Waals surface area contributed by atoms with E-state index in [4.69, 9.17) is 0 Å². The Kier molecular flexibility index (Phi) is 4.61. The normalized spacial score (nSPS) is 17.7. The van der Waals surface area contributed by atoms with Crippen molar-refractivity contribution in [1.82, 2.24) is 4.98 Å². The molecule has 0 spiro atoms. The molecule has 0 aliphatic carbocycles. The first-order valence-corrected chi connectivity index (χ1v) is 10.7. The number of halogens is 3. The Balaban J connectivity index is 1.68. The first-order chi connectivity index (χ1) is 13.2. The molecule has 0 unspecified atom stereocenters. The van der Waals surface area contributed by atoms with E-state index in [-0.39, 0.29) is 23.2 Å². The van der Waals surface area contributed by atoms with Crippen LogP contribution in [0.2, 0.25) is 0 Å². The van der Waals surface area contributed by atoms with Crippen LogP contribution in [0.15, 0.2) is 48.7 Å². The zero-order valence-electron chi connectivity index (χ0n) is 14.8. The van der Waals surface area contributed by atoms with E-state index in [1.54, 1.807) is 6.07 Å². The second-order valence-electron chi connectivity index (χ2n) is 7.01. The van der Waals surface area contributed by atoms with Gasteiger partial charge in [-0.15, -0.1) is 13.2 Å². The minimum absolute atomic E-state index is 0.146. The van der Waals surface area contributed by atoms with Crippen LogP contribution >= 0.6 is 0 Å². The van der Waals surface area contributed by atoms with Gasteiger partial charge in [0.15, 0.2) is 0 Å². The molecule has 28 heavy (non-hydrogen) atoms. The van der Waals surface area contributed by atoms with Crippen LogP contribution in [-0.4, -0.2) is 31.3 Å². The summed E-state index contributed by atoms with van der Waals surface area (Å²) in [6.07, 6.45) is -1.68. The molecule has 1 aliphatic rings. The van der Waals surface area contributed by atoms with E-state index in [0.29, 0.717) is 18.4 Å². The van der Waals surface area contributed by atoms with Crippen LogP contribution in [0, 0.1) is 0 Å². The van der Waals surface area contributed by atoms with E-state index in [0.717, 1.165) is 22.0 Å². The highest BCUT2D eigenvalue weighted by atomic mass is 32.2. The second-order valence-corrected chi connectivity index (χ2v) is 9.31. The molecule has 0 atom stereocenters. The first-order valence-electron chi connectivity index (χ1n) is 8.88. The molecule has 4 nitrogen and oxygen atoms in total. The number of H-pyrrole nitrogens is 1. The number of alkyl halides is 3. The van der Waals surface area contributed by atoms with Crippen molar-refractivity contribution in [2.45, 2.75) is 25.1 Å². The van der Waals surface area contributed by atoms with Gasteiger partial charge in [-0.25, -0.2) is 8.42 Å². The van der Waals surface area contributed by atoms with Crippen molar-refractivity contribution < 1.29 is 26.3 Å². The zero-order chi connectivity index (χ0) is 19.9. The van der Waals surface area contributed by atoms with Crippen molar-refractivity contribution in [1.29, 1.82) is 0 Å². The minimum Gasteiger partial charge on any atom is -0.406 e. The molecule has 0 bridgehead atoms. The molecule has 4 rings (SSSR count). The van der Waals surface area contributed by atoms with Gasteiger partial charge in [-0.3, -0.25) is 0 Å². The number of aromatic amines is 1. The van der Waals surface area contributed by atoms with Crippen molar-refractivity contribution in [3.05, 3.63) is 54.2 Å². The predicted molar refractivity (Wildman–Crippen MR) is 101 cm³/mol. The van der Waals surface area contributed by atoms with Gasteiger partial charge in [-0.2, -0.15) is 0 Å². The molecule has 1 saturated heterocycles. The van der Waals surface area contributed by atoms with Gasteiger partial charge >= 0.3 is 6.36 Å². The fraction of sp³-hybridized carbons (Fsp3) is 0.300. The number of sulfone groups is 1. The summed E-state index contributed by atoms with van der Waals surface area (Å²) in [6, 6.07) is 11.5. The highest BCUT2D eigenvalue weighted by molar-refractivity contribution is 7.91.